The molecule has 2 aromatic carbocycles. The number of thiophene rings is 1. The number of piperazine rings is 1. The number of carbonyl (C=O) groups is 2. The molecule has 2 amide bonds. The number of hydrogen-bond acceptors (Lipinski definition) is 11. The van der Waals surface area contributed by atoms with Gasteiger partial charge in [-0.2, -0.15) is 15.2 Å². The van der Waals surface area contributed by atoms with Gasteiger partial charge in [-0.15, -0.1) is 11.3 Å². The molecule has 0 aliphatic carbocycles. The van der Waals surface area contributed by atoms with Crippen LogP contribution in [0.15, 0.2) is 18.2 Å². The number of nitriles is 1. The normalized spacial score (nSPS) is 24.4. The van der Waals surface area contributed by atoms with Crippen molar-refractivity contribution in [1.82, 2.24) is 19.8 Å². The summed E-state index contributed by atoms with van der Waals surface area (Å²) in [6.45, 7) is 18.2. The van der Waals surface area contributed by atoms with E-state index in [-0.39, 0.29) is 72.0 Å². The van der Waals surface area contributed by atoms with Crippen molar-refractivity contribution in [3.05, 3.63) is 40.4 Å². The maximum Gasteiger partial charge on any atom is 0.412 e. The maximum atomic E-state index is 17.6. The molecular formula is C43H50ClF2N7O5S. The summed E-state index contributed by atoms with van der Waals surface area (Å²) in [7, 11) is 0. The molecule has 2 aromatic heterocycles. The number of anilines is 2. The van der Waals surface area contributed by atoms with E-state index in [9.17, 15) is 14.9 Å². The first-order valence-electron chi connectivity index (χ1n) is 20.2. The molecule has 0 spiro atoms. The fraction of sp³-hybridized carbons (Fsp3) is 0.558. The number of rotatable bonds is 6. The number of nitrogens with zero attached hydrogens (tertiary/aromatic N) is 6. The van der Waals surface area contributed by atoms with Crippen molar-refractivity contribution >= 4 is 66.9 Å². The largest absolute Gasteiger partial charge is 0.461 e. The molecule has 2 unspecified atom stereocenters. The third-order valence-electron chi connectivity index (χ3n) is 11.7. The summed E-state index contributed by atoms with van der Waals surface area (Å²) in [6.07, 6.45) is 2.29. The Bertz CT molecular complexity index is 2380. The zero-order valence-corrected chi connectivity index (χ0v) is 36.2. The van der Waals surface area contributed by atoms with Crippen LogP contribution in [-0.2, 0) is 9.47 Å². The molecule has 2 bridgehead atoms. The van der Waals surface area contributed by atoms with Gasteiger partial charge < -0.3 is 19.1 Å². The lowest BCUT2D eigenvalue weighted by Crippen LogP contribution is -2.57. The molecule has 0 radical (unpaired) electrons. The Kier molecular flexibility index (Phi) is 10.4. The van der Waals surface area contributed by atoms with E-state index in [1.807, 2.05) is 30.6 Å². The SMILES string of the molecule is CC1CN2CC(C)CC2(COc2nc(N3C[C@H]4CC[C@@H](C3)N4C(=O)OC(C)(C)C)c3cc(Cl)c(-c4ccc(F)c5sc(NC(=O)OC(C)(C)C)c(C#N)c45)c(F)c3n2)C1. The molecule has 12 nitrogen and oxygen atoms in total. The number of hydrogen-bond donors (Lipinski definition) is 1. The first-order valence-corrected chi connectivity index (χ1v) is 21.4. The number of carbonyl (C=O) groups excluding carboxylic acids is 2. The van der Waals surface area contributed by atoms with E-state index in [1.165, 1.54) is 12.1 Å². The van der Waals surface area contributed by atoms with Crippen molar-refractivity contribution in [3.8, 4) is 23.2 Å². The quantitative estimate of drug-likeness (QED) is 0.200. The van der Waals surface area contributed by atoms with Crippen LogP contribution in [0.25, 0.3) is 32.1 Å². The van der Waals surface area contributed by atoms with Gasteiger partial charge in [0.2, 0.25) is 0 Å². The standard InChI is InChI=1S/C43H50ClF2N7O5S/c1-22-14-43(15-23(2)18-52(43)17-22)21-56-38-48-34-27(36(49-38)51-19-24-9-10-25(20-51)53(24)40(55)58-42(6,7)8)13-29(44)32(33(34)46)26-11-12-30(45)35-31(26)28(16-47)37(59-35)50-39(54)57-41(3,4)5/h11-13,22-25H,9-10,14-15,17-21H2,1-8H3,(H,50,54)/t22?,23?,24-,25+,43?. The Morgan fingerprint density at radius 3 is 2.25 bits per heavy atom. The summed E-state index contributed by atoms with van der Waals surface area (Å²) >= 11 is 7.89. The van der Waals surface area contributed by atoms with Gasteiger partial charge in [0.15, 0.2) is 5.82 Å². The molecule has 6 heterocycles. The van der Waals surface area contributed by atoms with Gasteiger partial charge in [-0.1, -0.05) is 31.5 Å². The predicted octanol–water partition coefficient (Wildman–Crippen LogP) is 9.75. The highest BCUT2D eigenvalue weighted by atomic mass is 35.5. The van der Waals surface area contributed by atoms with Crippen molar-refractivity contribution < 1.29 is 32.6 Å². The Morgan fingerprint density at radius 1 is 1.00 bits per heavy atom. The average molecular weight is 850 g/mol. The highest BCUT2D eigenvalue weighted by Crippen LogP contribution is 2.48. The maximum absolute atomic E-state index is 17.6. The molecule has 59 heavy (non-hydrogen) atoms. The van der Waals surface area contributed by atoms with Crippen molar-refractivity contribution in [2.75, 3.05) is 43.0 Å². The van der Waals surface area contributed by atoms with E-state index in [1.54, 1.807) is 26.8 Å². The molecule has 4 aromatic rings. The number of benzene rings is 2. The monoisotopic (exact) mass is 849 g/mol. The van der Waals surface area contributed by atoms with Gasteiger partial charge in [0.1, 0.15) is 46.0 Å². The van der Waals surface area contributed by atoms with Gasteiger partial charge in [-0.05, 0) is 96.8 Å². The highest BCUT2D eigenvalue weighted by Gasteiger charge is 2.50. The van der Waals surface area contributed by atoms with Crippen LogP contribution in [0.4, 0.5) is 29.2 Å². The third-order valence-corrected chi connectivity index (χ3v) is 13.1. The first kappa shape index (κ1) is 41.2. The van der Waals surface area contributed by atoms with Crippen LogP contribution < -0.4 is 15.0 Å². The van der Waals surface area contributed by atoms with Crippen molar-refractivity contribution in [2.45, 2.75) is 110 Å². The van der Waals surface area contributed by atoms with Crippen molar-refractivity contribution in [2.24, 2.45) is 11.8 Å². The van der Waals surface area contributed by atoms with Gasteiger partial charge in [0.25, 0.3) is 0 Å². The Labute approximate surface area is 351 Å². The molecule has 4 saturated heterocycles. The topological polar surface area (TPSA) is 133 Å². The lowest BCUT2D eigenvalue weighted by atomic mass is 9.89. The van der Waals surface area contributed by atoms with Gasteiger partial charge in [-0.3, -0.25) is 15.1 Å². The van der Waals surface area contributed by atoms with E-state index in [2.05, 4.69) is 30.1 Å². The summed E-state index contributed by atoms with van der Waals surface area (Å²) in [5.74, 6) is -0.0314. The van der Waals surface area contributed by atoms with Crippen LogP contribution >= 0.6 is 22.9 Å². The van der Waals surface area contributed by atoms with E-state index in [0.29, 0.717) is 42.7 Å². The van der Waals surface area contributed by atoms with Crippen LogP contribution in [0.3, 0.4) is 0 Å². The molecule has 1 N–H and O–H groups in total. The molecular weight excluding hydrogens is 800 g/mol. The minimum absolute atomic E-state index is 0.0105. The summed E-state index contributed by atoms with van der Waals surface area (Å²) in [4.78, 5) is 42.2. The second kappa shape index (κ2) is 14.9. The lowest BCUT2D eigenvalue weighted by Gasteiger charge is -2.42. The van der Waals surface area contributed by atoms with Crippen LogP contribution in [0, 0.1) is 34.8 Å². The smallest absolute Gasteiger partial charge is 0.412 e. The van der Waals surface area contributed by atoms with Gasteiger partial charge in [0.05, 0.1) is 32.9 Å². The highest BCUT2D eigenvalue weighted by molar-refractivity contribution is 7.23. The number of amides is 2. The number of ether oxygens (including phenoxy) is 3. The predicted molar refractivity (Wildman–Crippen MR) is 224 cm³/mol. The average Bonchev–Trinajstić information content (AvgIpc) is 3.82. The molecule has 4 atom stereocenters. The summed E-state index contributed by atoms with van der Waals surface area (Å²) in [5, 5.41) is 13.4. The van der Waals surface area contributed by atoms with E-state index < -0.39 is 28.9 Å². The summed E-state index contributed by atoms with van der Waals surface area (Å²) < 4.78 is 50.8. The molecule has 16 heteroatoms. The molecule has 314 valence electrons. The van der Waals surface area contributed by atoms with Crippen LogP contribution in [-0.4, -0.2) is 93.6 Å². The lowest BCUT2D eigenvalue weighted by molar-refractivity contribution is 0.0122. The van der Waals surface area contributed by atoms with Crippen molar-refractivity contribution in [3.63, 3.8) is 0 Å². The third kappa shape index (κ3) is 7.72. The minimum atomic E-state index is -0.829. The number of nitrogens with one attached hydrogen (secondary N) is 1. The fourth-order valence-electron chi connectivity index (χ4n) is 9.76. The molecule has 4 aliphatic heterocycles. The van der Waals surface area contributed by atoms with E-state index in [0.717, 1.165) is 50.1 Å². The molecule has 0 saturated carbocycles. The zero-order valence-electron chi connectivity index (χ0n) is 34.7. The van der Waals surface area contributed by atoms with E-state index in [4.69, 9.17) is 35.8 Å². The molecule has 4 aliphatic rings. The second-order valence-corrected chi connectivity index (χ2v) is 20.3. The Hall–Kier alpha value is -4.52. The summed E-state index contributed by atoms with van der Waals surface area (Å²) in [5.41, 5.74) is -1.73. The van der Waals surface area contributed by atoms with E-state index >= 15 is 8.78 Å². The van der Waals surface area contributed by atoms with Gasteiger partial charge >= 0.3 is 18.2 Å². The summed E-state index contributed by atoms with van der Waals surface area (Å²) in [6, 6.07) is 5.93. The van der Waals surface area contributed by atoms with Crippen LogP contribution in [0.5, 0.6) is 6.01 Å². The van der Waals surface area contributed by atoms with Crippen LogP contribution in [0.2, 0.25) is 5.02 Å². The molecule has 4 fully saturated rings. The fourth-order valence-corrected chi connectivity index (χ4v) is 11.1. The van der Waals surface area contributed by atoms with Gasteiger partial charge in [0, 0.05) is 42.5 Å². The number of aromatic nitrogens is 2. The van der Waals surface area contributed by atoms with Gasteiger partial charge in [-0.25, -0.2) is 18.4 Å². The van der Waals surface area contributed by atoms with Crippen molar-refractivity contribution in [1.29, 1.82) is 5.26 Å². The zero-order chi connectivity index (χ0) is 42.3. The number of halogens is 3. The molecule has 8 rings (SSSR count). The second-order valence-electron chi connectivity index (χ2n) is 18.8. The Balaban J connectivity index is 1.24. The first-order chi connectivity index (χ1) is 27.7. The Morgan fingerprint density at radius 2 is 1.64 bits per heavy atom. The van der Waals surface area contributed by atoms with Crippen LogP contribution in [0.1, 0.15) is 86.6 Å². The number of fused-ring (bicyclic) bond motifs is 5. The minimum Gasteiger partial charge on any atom is -0.461 e.